The second-order valence-electron chi connectivity index (χ2n) is 4.51. The van der Waals surface area contributed by atoms with Crippen LogP contribution < -0.4 is 5.32 Å². The average Bonchev–Trinajstić information content (AvgIpc) is 2.58. The van der Waals surface area contributed by atoms with Gasteiger partial charge < -0.3 is 9.73 Å². The lowest BCUT2D eigenvalue weighted by Crippen LogP contribution is -2.44. The number of hydrogen-bond donors (Lipinski definition) is 1. The van der Waals surface area contributed by atoms with Crippen LogP contribution in [0.15, 0.2) is 21.2 Å². The lowest BCUT2D eigenvalue weighted by molar-refractivity contribution is 0.351. The van der Waals surface area contributed by atoms with E-state index < -0.39 is 14.6 Å². The highest BCUT2D eigenvalue weighted by Crippen LogP contribution is 2.33. The molecule has 1 N–H and O–H groups in total. The fourth-order valence-electron chi connectivity index (χ4n) is 1.59. The average molecular weight is 324 g/mol. The highest BCUT2D eigenvalue weighted by molar-refractivity contribution is 9.10. The molecule has 1 aromatic heterocycles. The van der Waals surface area contributed by atoms with Crippen LogP contribution in [0.2, 0.25) is 0 Å². The van der Waals surface area contributed by atoms with Crippen LogP contribution in [0.5, 0.6) is 0 Å². The van der Waals surface area contributed by atoms with Gasteiger partial charge in [-0.15, -0.1) is 0 Å². The summed E-state index contributed by atoms with van der Waals surface area (Å²) in [7, 11) is -3.20. The molecule has 6 heteroatoms. The number of furan rings is 1. The van der Waals surface area contributed by atoms with Crippen molar-refractivity contribution in [3.63, 3.8) is 0 Å². The van der Waals surface area contributed by atoms with Crippen LogP contribution in [-0.2, 0) is 9.84 Å². The summed E-state index contributed by atoms with van der Waals surface area (Å²) in [6.07, 6.45) is 1.25. The first-order valence-electron chi connectivity index (χ1n) is 5.38. The van der Waals surface area contributed by atoms with Gasteiger partial charge in [-0.2, -0.15) is 0 Å². The van der Waals surface area contributed by atoms with Gasteiger partial charge in [-0.25, -0.2) is 8.42 Å². The fourth-order valence-corrected chi connectivity index (χ4v) is 2.54. The fraction of sp³-hybridized carbons (Fsp3) is 0.636. The molecule has 0 saturated carbocycles. The van der Waals surface area contributed by atoms with E-state index in [9.17, 15) is 8.42 Å². The van der Waals surface area contributed by atoms with Gasteiger partial charge in [0.05, 0.1) is 10.8 Å². The molecular formula is C11H18BrNO3S. The Kier molecular flexibility index (Phi) is 4.43. The van der Waals surface area contributed by atoms with Crippen molar-refractivity contribution in [2.24, 2.45) is 0 Å². The molecule has 1 heterocycles. The molecule has 1 atom stereocenters. The van der Waals surface area contributed by atoms with E-state index in [1.165, 1.54) is 6.26 Å². The lowest BCUT2D eigenvalue weighted by Gasteiger charge is -2.31. The van der Waals surface area contributed by atoms with E-state index >= 15 is 0 Å². The Balaban J connectivity index is 3.18. The van der Waals surface area contributed by atoms with E-state index in [4.69, 9.17) is 4.42 Å². The highest BCUT2D eigenvalue weighted by atomic mass is 79.9. The molecule has 1 aromatic rings. The quantitative estimate of drug-likeness (QED) is 0.904. The summed E-state index contributed by atoms with van der Waals surface area (Å²) in [5.41, 5.74) is 0. The molecule has 0 aliphatic heterocycles. The third-order valence-electron chi connectivity index (χ3n) is 2.94. The summed E-state index contributed by atoms with van der Waals surface area (Å²) < 4.78 is 28.8. The van der Waals surface area contributed by atoms with E-state index in [1.807, 2.05) is 6.92 Å². The topological polar surface area (TPSA) is 59.3 Å². The lowest BCUT2D eigenvalue weighted by atomic mass is 10.0. The maximum absolute atomic E-state index is 11.9. The second kappa shape index (κ2) is 5.12. The van der Waals surface area contributed by atoms with Gasteiger partial charge in [0.25, 0.3) is 0 Å². The largest absolute Gasteiger partial charge is 0.453 e. The van der Waals surface area contributed by atoms with Crippen LogP contribution in [0.3, 0.4) is 0 Å². The van der Waals surface area contributed by atoms with Crippen molar-refractivity contribution in [3.8, 4) is 0 Å². The van der Waals surface area contributed by atoms with Crippen LogP contribution in [0.1, 0.15) is 32.6 Å². The predicted octanol–water partition coefficient (Wildman–Crippen LogP) is 2.52. The Labute approximate surface area is 111 Å². The van der Waals surface area contributed by atoms with Crippen molar-refractivity contribution in [1.82, 2.24) is 5.32 Å². The molecule has 98 valence electrons. The molecule has 4 nitrogen and oxygen atoms in total. The first kappa shape index (κ1) is 14.7. The summed E-state index contributed by atoms with van der Waals surface area (Å²) in [6, 6.07) is 3.18. The van der Waals surface area contributed by atoms with Crippen molar-refractivity contribution in [1.29, 1.82) is 0 Å². The van der Waals surface area contributed by atoms with Crippen LogP contribution in [0, 0.1) is 0 Å². The van der Waals surface area contributed by atoms with Gasteiger partial charge in [0, 0.05) is 6.26 Å². The SMILES string of the molecule is CCNC(c1ccc(Br)o1)C(C)(C)S(C)(=O)=O. The molecule has 1 unspecified atom stereocenters. The Hall–Kier alpha value is -0.330. The maximum atomic E-state index is 11.9. The number of rotatable bonds is 5. The van der Waals surface area contributed by atoms with E-state index in [1.54, 1.807) is 26.0 Å². The van der Waals surface area contributed by atoms with Gasteiger partial charge in [0.2, 0.25) is 0 Å². The van der Waals surface area contributed by atoms with Crippen molar-refractivity contribution in [3.05, 3.63) is 22.6 Å². The standard InChI is InChI=1S/C11H18BrNO3S/c1-5-13-10(8-6-7-9(12)16-8)11(2,3)17(4,14)15/h6-7,10,13H,5H2,1-4H3. The number of hydrogen-bond acceptors (Lipinski definition) is 4. The monoisotopic (exact) mass is 323 g/mol. The number of sulfone groups is 1. The maximum Gasteiger partial charge on any atom is 0.169 e. The van der Waals surface area contributed by atoms with Crippen LogP contribution in [0.25, 0.3) is 0 Å². The van der Waals surface area contributed by atoms with Gasteiger partial charge in [0.15, 0.2) is 14.5 Å². The summed E-state index contributed by atoms with van der Waals surface area (Å²) >= 11 is 3.22. The molecular weight excluding hydrogens is 306 g/mol. The highest BCUT2D eigenvalue weighted by Gasteiger charge is 2.41. The first-order valence-corrected chi connectivity index (χ1v) is 8.06. The zero-order valence-corrected chi connectivity index (χ0v) is 12.9. The molecule has 0 amide bonds. The van der Waals surface area contributed by atoms with Gasteiger partial charge in [-0.3, -0.25) is 0 Å². The van der Waals surface area contributed by atoms with E-state index in [0.717, 1.165) is 0 Å². The molecule has 0 aliphatic carbocycles. The second-order valence-corrected chi connectivity index (χ2v) is 7.89. The van der Waals surface area contributed by atoms with Gasteiger partial charge in [-0.05, 0) is 48.5 Å². The summed E-state index contributed by atoms with van der Waals surface area (Å²) in [5, 5.41) is 3.17. The van der Waals surface area contributed by atoms with Crippen LogP contribution >= 0.6 is 15.9 Å². The molecule has 0 spiro atoms. The Morgan fingerprint density at radius 2 is 2.06 bits per heavy atom. The van der Waals surface area contributed by atoms with Crippen molar-refractivity contribution in [2.75, 3.05) is 12.8 Å². The predicted molar refractivity (Wildman–Crippen MR) is 71.7 cm³/mol. The zero-order valence-electron chi connectivity index (χ0n) is 10.5. The zero-order chi connectivity index (χ0) is 13.3. The van der Waals surface area contributed by atoms with E-state index in [0.29, 0.717) is 17.0 Å². The van der Waals surface area contributed by atoms with Gasteiger partial charge in [-0.1, -0.05) is 6.92 Å². The molecule has 0 aromatic carbocycles. The van der Waals surface area contributed by atoms with Crippen molar-refractivity contribution < 1.29 is 12.8 Å². The minimum absolute atomic E-state index is 0.367. The first-order chi connectivity index (χ1) is 7.70. The Morgan fingerprint density at radius 3 is 2.41 bits per heavy atom. The number of nitrogens with one attached hydrogen (secondary N) is 1. The summed E-state index contributed by atoms with van der Waals surface area (Å²) in [5.74, 6) is 0.620. The number of halogens is 1. The smallest absolute Gasteiger partial charge is 0.169 e. The third kappa shape index (κ3) is 3.11. The van der Waals surface area contributed by atoms with E-state index in [2.05, 4.69) is 21.2 Å². The van der Waals surface area contributed by atoms with Crippen molar-refractivity contribution in [2.45, 2.75) is 31.6 Å². The minimum atomic E-state index is -3.20. The molecule has 0 aliphatic rings. The molecule has 17 heavy (non-hydrogen) atoms. The van der Waals surface area contributed by atoms with Crippen LogP contribution in [0.4, 0.5) is 0 Å². The third-order valence-corrected chi connectivity index (χ3v) is 5.51. The van der Waals surface area contributed by atoms with Crippen molar-refractivity contribution >= 4 is 25.8 Å². The summed E-state index contributed by atoms with van der Waals surface area (Å²) in [4.78, 5) is 0. The van der Waals surface area contributed by atoms with Crippen LogP contribution in [-0.4, -0.2) is 26.0 Å². The van der Waals surface area contributed by atoms with Gasteiger partial charge in [0.1, 0.15) is 5.76 Å². The van der Waals surface area contributed by atoms with E-state index in [-0.39, 0.29) is 6.04 Å². The molecule has 0 fully saturated rings. The van der Waals surface area contributed by atoms with Gasteiger partial charge >= 0.3 is 0 Å². The molecule has 0 bridgehead atoms. The molecule has 0 saturated heterocycles. The Morgan fingerprint density at radius 1 is 1.47 bits per heavy atom. The summed E-state index contributed by atoms with van der Waals surface area (Å²) in [6.45, 7) is 6.00. The Bertz CT molecular complexity index is 479. The molecule has 0 radical (unpaired) electrons. The minimum Gasteiger partial charge on any atom is -0.453 e. The molecule has 1 rings (SSSR count). The normalized spacial score (nSPS) is 14.9.